The zero-order chi connectivity index (χ0) is 17.5. The number of aryl methyl sites for hydroxylation is 1. The fourth-order valence-electron chi connectivity index (χ4n) is 3.66. The standard InChI is InChI=1S/C19H20N6O/c1-14-12-17-19(20-6-7-25(17)21-14)24-10-8-23(9-11-24)13-16-15-4-2-3-5-18(15)26-22-16/h2-7,12H,8-11,13H2,1H3. The van der Waals surface area contributed by atoms with Crippen LogP contribution in [0.4, 0.5) is 5.82 Å². The molecule has 0 atom stereocenters. The second-order valence-corrected chi connectivity index (χ2v) is 6.76. The molecule has 1 aliphatic rings. The van der Waals surface area contributed by atoms with Crippen molar-refractivity contribution in [3.05, 3.63) is 54.1 Å². The van der Waals surface area contributed by atoms with Gasteiger partial charge in [-0.1, -0.05) is 17.3 Å². The SMILES string of the molecule is Cc1cc2c(N3CCN(Cc4noc5ccccc45)CC3)nccn2n1. The first kappa shape index (κ1) is 15.3. The lowest BCUT2D eigenvalue weighted by Gasteiger charge is -2.35. The fourth-order valence-corrected chi connectivity index (χ4v) is 3.66. The fraction of sp³-hybridized carbons (Fsp3) is 0.316. The van der Waals surface area contributed by atoms with Gasteiger partial charge < -0.3 is 9.42 Å². The molecule has 7 nitrogen and oxygen atoms in total. The summed E-state index contributed by atoms with van der Waals surface area (Å²) in [5.41, 5.74) is 3.95. The van der Waals surface area contributed by atoms with E-state index in [1.807, 2.05) is 42.0 Å². The molecule has 5 rings (SSSR count). The van der Waals surface area contributed by atoms with Crippen LogP contribution in [-0.4, -0.2) is 50.8 Å². The van der Waals surface area contributed by atoms with E-state index in [0.717, 1.165) is 66.4 Å². The second kappa shape index (κ2) is 6.10. The van der Waals surface area contributed by atoms with Crippen LogP contribution in [0, 0.1) is 6.92 Å². The summed E-state index contributed by atoms with van der Waals surface area (Å²) in [6, 6.07) is 10.1. The first-order chi connectivity index (χ1) is 12.8. The van der Waals surface area contributed by atoms with Gasteiger partial charge in [0.25, 0.3) is 0 Å². The summed E-state index contributed by atoms with van der Waals surface area (Å²) in [6.07, 6.45) is 3.72. The molecule has 0 spiro atoms. The molecule has 3 aromatic heterocycles. The Morgan fingerprint density at radius 3 is 2.85 bits per heavy atom. The van der Waals surface area contributed by atoms with E-state index in [1.165, 1.54) is 0 Å². The molecule has 0 amide bonds. The van der Waals surface area contributed by atoms with Crippen molar-refractivity contribution in [2.75, 3.05) is 31.1 Å². The average Bonchev–Trinajstić information content (AvgIpc) is 3.25. The minimum Gasteiger partial charge on any atom is -0.356 e. The number of anilines is 1. The number of nitrogens with zero attached hydrogens (tertiary/aromatic N) is 6. The van der Waals surface area contributed by atoms with E-state index in [1.54, 1.807) is 0 Å². The number of fused-ring (bicyclic) bond motifs is 2. The summed E-state index contributed by atoms with van der Waals surface area (Å²) >= 11 is 0. The first-order valence-electron chi connectivity index (χ1n) is 8.89. The van der Waals surface area contributed by atoms with E-state index >= 15 is 0 Å². The van der Waals surface area contributed by atoms with Gasteiger partial charge in [-0.25, -0.2) is 9.50 Å². The largest absolute Gasteiger partial charge is 0.356 e. The minimum absolute atomic E-state index is 0.814. The van der Waals surface area contributed by atoms with Gasteiger partial charge in [-0.3, -0.25) is 4.90 Å². The maximum absolute atomic E-state index is 5.42. The summed E-state index contributed by atoms with van der Waals surface area (Å²) in [4.78, 5) is 9.37. The Balaban J connectivity index is 1.31. The van der Waals surface area contributed by atoms with Crippen molar-refractivity contribution in [3.8, 4) is 0 Å². The lowest BCUT2D eigenvalue weighted by atomic mass is 10.2. The third-order valence-electron chi connectivity index (χ3n) is 4.99. The second-order valence-electron chi connectivity index (χ2n) is 6.76. The lowest BCUT2D eigenvalue weighted by Crippen LogP contribution is -2.46. The van der Waals surface area contributed by atoms with Crippen molar-refractivity contribution in [1.82, 2.24) is 24.7 Å². The zero-order valence-electron chi connectivity index (χ0n) is 14.7. The van der Waals surface area contributed by atoms with Gasteiger partial charge in [0.1, 0.15) is 11.2 Å². The smallest absolute Gasteiger partial charge is 0.167 e. The van der Waals surface area contributed by atoms with E-state index in [0.29, 0.717) is 0 Å². The highest BCUT2D eigenvalue weighted by atomic mass is 16.5. The predicted molar refractivity (Wildman–Crippen MR) is 99.2 cm³/mol. The van der Waals surface area contributed by atoms with Crippen molar-refractivity contribution in [3.63, 3.8) is 0 Å². The molecule has 1 fully saturated rings. The maximum Gasteiger partial charge on any atom is 0.167 e. The molecular weight excluding hydrogens is 328 g/mol. The zero-order valence-corrected chi connectivity index (χ0v) is 14.7. The summed E-state index contributed by atoms with van der Waals surface area (Å²) in [7, 11) is 0. The Morgan fingerprint density at radius 1 is 1.12 bits per heavy atom. The quantitative estimate of drug-likeness (QED) is 0.567. The van der Waals surface area contributed by atoms with E-state index in [2.05, 4.69) is 37.2 Å². The average molecular weight is 348 g/mol. The molecule has 7 heteroatoms. The summed E-state index contributed by atoms with van der Waals surface area (Å²) < 4.78 is 7.33. The number of benzene rings is 1. The summed E-state index contributed by atoms with van der Waals surface area (Å²) in [5, 5.41) is 9.85. The molecule has 0 aliphatic carbocycles. The Morgan fingerprint density at radius 2 is 1.96 bits per heavy atom. The van der Waals surface area contributed by atoms with E-state index in [4.69, 9.17) is 4.52 Å². The van der Waals surface area contributed by atoms with Gasteiger partial charge in [-0.05, 0) is 25.1 Å². The third-order valence-corrected chi connectivity index (χ3v) is 4.99. The molecule has 1 aliphatic heterocycles. The Hall–Kier alpha value is -2.93. The highest BCUT2D eigenvalue weighted by Gasteiger charge is 2.22. The van der Waals surface area contributed by atoms with Crippen molar-refractivity contribution in [1.29, 1.82) is 0 Å². The number of hydrogen-bond donors (Lipinski definition) is 0. The van der Waals surface area contributed by atoms with Gasteiger partial charge >= 0.3 is 0 Å². The number of hydrogen-bond acceptors (Lipinski definition) is 6. The van der Waals surface area contributed by atoms with Crippen LogP contribution in [0.15, 0.2) is 47.2 Å². The number of para-hydroxylation sites is 1. The van der Waals surface area contributed by atoms with Crippen LogP contribution in [0.5, 0.6) is 0 Å². The van der Waals surface area contributed by atoms with Crippen LogP contribution in [0.3, 0.4) is 0 Å². The lowest BCUT2D eigenvalue weighted by molar-refractivity contribution is 0.243. The normalized spacial score (nSPS) is 16.0. The van der Waals surface area contributed by atoms with Gasteiger partial charge in [0.05, 0.1) is 5.69 Å². The van der Waals surface area contributed by atoms with Crippen LogP contribution in [-0.2, 0) is 6.54 Å². The maximum atomic E-state index is 5.42. The van der Waals surface area contributed by atoms with Crippen molar-refractivity contribution in [2.45, 2.75) is 13.5 Å². The third kappa shape index (κ3) is 2.61. The Labute approximate surface area is 150 Å². The molecule has 0 bridgehead atoms. The van der Waals surface area contributed by atoms with Gasteiger partial charge in [-0.2, -0.15) is 5.10 Å². The van der Waals surface area contributed by atoms with Crippen LogP contribution >= 0.6 is 0 Å². The molecular formula is C19H20N6O. The molecule has 26 heavy (non-hydrogen) atoms. The minimum atomic E-state index is 0.814. The number of aromatic nitrogens is 4. The molecule has 132 valence electrons. The van der Waals surface area contributed by atoms with Crippen molar-refractivity contribution in [2.24, 2.45) is 0 Å². The van der Waals surface area contributed by atoms with Crippen LogP contribution in [0.25, 0.3) is 16.5 Å². The van der Waals surface area contributed by atoms with Gasteiger partial charge in [0.2, 0.25) is 0 Å². The molecule has 0 unspecified atom stereocenters. The van der Waals surface area contributed by atoms with Crippen molar-refractivity contribution < 1.29 is 4.52 Å². The predicted octanol–water partition coefficient (Wildman–Crippen LogP) is 2.50. The Kier molecular flexibility index (Phi) is 3.60. The van der Waals surface area contributed by atoms with Crippen LogP contribution < -0.4 is 4.90 Å². The van der Waals surface area contributed by atoms with Gasteiger partial charge in [-0.15, -0.1) is 0 Å². The summed E-state index contributed by atoms with van der Waals surface area (Å²) in [6.45, 7) is 6.64. The number of rotatable bonds is 3. The van der Waals surface area contributed by atoms with Crippen LogP contribution in [0.1, 0.15) is 11.4 Å². The van der Waals surface area contributed by atoms with E-state index in [9.17, 15) is 0 Å². The molecule has 1 saturated heterocycles. The molecule has 1 aromatic carbocycles. The molecule has 0 N–H and O–H groups in total. The van der Waals surface area contributed by atoms with Gasteiger partial charge in [0.15, 0.2) is 11.4 Å². The summed E-state index contributed by atoms with van der Waals surface area (Å²) in [5.74, 6) is 1.01. The van der Waals surface area contributed by atoms with Gasteiger partial charge in [0, 0.05) is 50.5 Å². The highest BCUT2D eigenvalue weighted by Crippen LogP contribution is 2.23. The molecule has 4 heterocycles. The molecule has 0 saturated carbocycles. The molecule has 4 aromatic rings. The van der Waals surface area contributed by atoms with Crippen LogP contribution in [0.2, 0.25) is 0 Å². The monoisotopic (exact) mass is 348 g/mol. The van der Waals surface area contributed by atoms with Crippen molar-refractivity contribution >= 4 is 22.3 Å². The Bertz CT molecular complexity index is 1060. The molecule has 0 radical (unpaired) electrons. The topological polar surface area (TPSA) is 62.7 Å². The van der Waals surface area contributed by atoms with E-state index < -0.39 is 0 Å². The first-order valence-corrected chi connectivity index (χ1v) is 8.89. The van der Waals surface area contributed by atoms with E-state index in [-0.39, 0.29) is 0 Å². The number of piperazine rings is 1. The highest BCUT2D eigenvalue weighted by molar-refractivity contribution is 5.79.